The molecule has 0 radical (unpaired) electrons. The molecule has 3 N–H and O–H groups in total. The second-order valence-electron chi connectivity index (χ2n) is 18.2. The number of nitrogens with one attached hydrogen (secondary N) is 1. The van der Waals surface area contributed by atoms with E-state index in [1.54, 1.807) is 31.5 Å². The van der Waals surface area contributed by atoms with Gasteiger partial charge < -0.3 is 39.8 Å². The first-order valence-electron chi connectivity index (χ1n) is 23.0. The molecule has 2 aromatic carbocycles. The van der Waals surface area contributed by atoms with Crippen molar-refractivity contribution in [1.82, 2.24) is 15.0 Å². The number of ketones is 1. The molecule has 18 heteroatoms. The second kappa shape index (κ2) is 20.7. The highest BCUT2D eigenvalue weighted by Gasteiger charge is 2.58. The second-order valence-corrected chi connectivity index (χ2v) is 19.2. The number of anilines is 3. The average Bonchev–Trinajstić information content (AvgIpc) is 3.72. The fraction of sp³-hybridized carbons (Fsp3) is 0.460. The zero-order valence-electron chi connectivity index (χ0n) is 38.5. The summed E-state index contributed by atoms with van der Waals surface area (Å²) >= 11 is 1.21. The molecule has 9 rings (SSSR count). The van der Waals surface area contributed by atoms with Crippen LogP contribution in [0.4, 0.5) is 34.3 Å². The Bertz CT molecular complexity index is 2500. The van der Waals surface area contributed by atoms with Crippen LogP contribution in [0.2, 0.25) is 0 Å². The van der Waals surface area contributed by atoms with E-state index in [1.807, 2.05) is 74.5 Å². The van der Waals surface area contributed by atoms with Gasteiger partial charge in [0.15, 0.2) is 10.9 Å². The number of nitrogens with two attached hydrogens (primary N) is 1. The fourth-order valence-electron chi connectivity index (χ4n) is 8.11. The number of Topliss-reactive ketones (excluding diaryl/α,β-unsaturated/α-hetero) is 1. The van der Waals surface area contributed by atoms with Crippen molar-refractivity contribution in [3.05, 3.63) is 107 Å². The summed E-state index contributed by atoms with van der Waals surface area (Å²) in [5.74, 6) is -2.45. The van der Waals surface area contributed by atoms with Crippen molar-refractivity contribution in [2.24, 2.45) is 17.6 Å². The van der Waals surface area contributed by atoms with E-state index in [1.165, 1.54) is 18.3 Å². The van der Waals surface area contributed by atoms with Gasteiger partial charge in [0.2, 0.25) is 5.91 Å². The highest BCUT2D eigenvalue weighted by atomic mass is 32.1. The Morgan fingerprint density at radius 3 is 1.62 bits per heavy atom. The molecule has 68 heavy (non-hydrogen) atoms. The van der Waals surface area contributed by atoms with Crippen LogP contribution in [-0.4, -0.2) is 90.1 Å². The number of alkyl halides is 4. The Morgan fingerprint density at radius 1 is 0.750 bits per heavy atom. The monoisotopic (exact) mass is 959 g/mol. The zero-order valence-corrected chi connectivity index (χ0v) is 39.3. The topological polar surface area (TPSA) is 154 Å². The van der Waals surface area contributed by atoms with Crippen molar-refractivity contribution < 1.29 is 46.1 Å². The average molecular weight is 960 g/mol. The molecule has 2 aliphatic heterocycles. The molecule has 4 unspecified atom stereocenters. The molecular weight excluding hydrogens is 903 g/mol. The molecule has 362 valence electrons. The summed E-state index contributed by atoms with van der Waals surface area (Å²) in [6.45, 7) is 10.3. The Morgan fingerprint density at radius 2 is 1.21 bits per heavy atom. The number of benzene rings is 2. The molecule has 4 aliphatic rings. The number of halogens is 4. The molecule has 2 aliphatic carbocycles. The van der Waals surface area contributed by atoms with Crippen LogP contribution in [0, 0.1) is 18.8 Å². The lowest BCUT2D eigenvalue weighted by molar-refractivity contribution is -0.114. The van der Waals surface area contributed by atoms with Crippen molar-refractivity contribution in [1.29, 1.82) is 0 Å². The van der Waals surface area contributed by atoms with Crippen molar-refractivity contribution in [3.63, 3.8) is 0 Å². The predicted octanol–water partition coefficient (Wildman–Crippen LogP) is 9.67. The Kier molecular flexibility index (Phi) is 14.7. The molecule has 6 atom stereocenters. The number of thiazole rings is 1. The summed E-state index contributed by atoms with van der Waals surface area (Å²) < 4.78 is 75.0. The first kappa shape index (κ1) is 48.4. The molecule has 0 spiro atoms. The summed E-state index contributed by atoms with van der Waals surface area (Å²) in [6.07, 6.45) is 5.17. The van der Waals surface area contributed by atoms with Crippen LogP contribution in [0.3, 0.4) is 0 Å². The van der Waals surface area contributed by atoms with Gasteiger partial charge in [-0.2, -0.15) is 0 Å². The van der Waals surface area contributed by atoms with Gasteiger partial charge in [0.1, 0.15) is 46.8 Å². The number of nitrogens with zero attached hydrogens (tertiary/aromatic N) is 5. The smallest absolute Gasteiger partial charge is 0.255 e. The van der Waals surface area contributed by atoms with Crippen LogP contribution in [0.5, 0.6) is 23.0 Å². The van der Waals surface area contributed by atoms with Gasteiger partial charge in [0.05, 0.1) is 61.1 Å². The van der Waals surface area contributed by atoms with E-state index >= 15 is 0 Å². The molecule has 2 saturated heterocycles. The van der Waals surface area contributed by atoms with Crippen molar-refractivity contribution in [2.45, 2.75) is 95.8 Å². The fourth-order valence-corrected chi connectivity index (χ4v) is 9.07. The van der Waals surface area contributed by atoms with Crippen LogP contribution < -0.4 is 39.8 Å². The van der Waals surface area contributed by atoms with E-state index in [0.717, 1.165) is 66.7 Å². The number of aromatic nitrogens is 3. The summed E-state index contributed by atoms with van der Waals surface area (Å²) in [6, 6.07) is 23.0. The van der Waals surface area contributed by atoms with Gasteiger partial charge in [0, 0.05) is 58.2 Å². The predicted molar refractivity (Wildman–Crippen MR) is 252 cm³/mol. The third-order valence-corrected chi connectivity index (χ3v) is 13.6. The van der Waals surface area contributed by atoms with Gasteiger partial charge in [0.25, 0.3) is 11.8 Å². The summed E-state index contributed by atoms with van der Waals surface area (Å²) in [7, 11) is 0. The normalized spacial score (nSPS) is 21.8. The minimum Gasteiger partial charge on any atom is -0.491 e. The minimum absolute atomic E-state index is 0.00291. The molecule has 0 bridgehead atoms. The number of amides is 1. The van der Waals surface area contributed by atoms with E-state index in [0.29, 0.717) is 40.2 Å². The first-order chi connectivity index (χ1) is 32.5. The van der Waals surface area contributed by atoms with Crippen LogP contribution >= 0.6 is 11.3 Å². The molecule has 5 aromatic rings. The van der Waals surface area contributed by atoms with Crippen molar-refractivity contribution in [2.75, 3.05) is 54.5 Å². The van der Waals surface area contributed by atoms with Gasteiger partial charge in [-0.15, -0.1) is 0 Å². The zero-order chi connectivity index (χ0) is 48.2. The maximum absolute atomic E-state index is 13.0. The van der Waals surface area contributed by atoms with E-state index in [-0.39, 0.29) is 61.9 Å². The molecule has 3 aromatic heterocycles. The van der Waals surface area contributed by atoms with Gasteiger partial charge in [-0.3, -0.25) is 9.59 Å². The SMILES string of the molecule is CC(=O)Nc1nc(C)c(C(=O)C[C@@H](C)c2ccc(OC3CCN(c4ccc(OCC5CC5(F)F)cn4)C3)cc2)s1.C[C@H](N)c1ccc(OC2CCN(c3ccc(OCC4CC4(F)F)cn3)C2)cc1. The highest BCUT2D eigenvalue weighted by molar-refractivity contribution is 7.17. The molecule has 13 nitrogen and oxygen atoms in total. The lowest BCUT2D eigenvalue weighted by Gasteiger charge is -2.19. The third-order valence-electron chi connectivity index (χ3n) is 12.5. The Labute approximate surface area is 397 Å². The highest BCUT2D eigenvalue weighted by Crippen LogP contribution is 2.49. The molecule has 1 amide bonds. The van der Waals surface area contributed by atoms with E-state index < -0.39 is 23.7 Å². The van der Waals surface area contributed by atoms with Crippen LogP contribution in [0.25, 0.3) is 0 Å². The molecule has 2 saturated carbocycles. The first-order valence-corrected chi connectivity index (χ1v) is 23.8. The maximum Gasteiger partial charge on any atom is 0.255 e. The number of rotatable bonds is 18. The number of carbonyl (C=O) groups is 2. The van der Waals surface area contributed by atoms with Gasteiger partial charge >= 0.3 is 0 Å². The number of ether oxygens (including phenoxy) is 4. The van der Waals surface area contributed by atoms with E-state index in [4.69, 9.17) is 24.7 Å². The van der Waals surface area contributed by atoms with Gasteiger partial charge in [-0.05, 0) is 79.4 Å². The standard InChI is InChI=1S/C29H32F2N4O4S.C21H25F2N3O2/c1-17(12-25(37)27-18(2)33-28(40-27)34-19(3)36)20-4-6-22(7-5-20)39-24-10-11-35(15-24)26-9-8-23(14-32-26)38-16-21-13-29(21,30)31;1-14(24)15-2-4-17(5-3-15)28-19-8-9-26(12-19)20-7-6-18(11-25-20)27-13-16-10-21(16,22)23/h4-9,14,17,21,24H,10-13,15-16H2,1-3H3,(H,33,34,36);2-7,11,14,16,19H,8-10,12-13,24H2,1H3/t17-,21?,24?;14-,16?,19?/m10/s1. The molecule has 5 heterocycles. The van der Waals surface area contributed by atoms with Crippen LogP contribution in [0.1, 0.15) is 91.3 Å². The molecular formula is C50H57F4N7O6S. The van der Waals surface area contributed by atoms with E-state index in [2.05, 4.69) is 30.1 Å². The minimum atomic E-state index is -2.59. The Hall–Kier alpha value is -6.01. The van der Waals surface area contributed by atoms with Gasteiger partial charge in [-0.25, -0.2) is 32.5 Å². The van der Waals surface area contributed by atoms with Crippen LogP contribution in [0.15, 0.2) is 85.2 Å². The molecule has 4 fully saturated rings. The number of hydrogen-bond acceptors (Lipinski definition) is 13. The summed E-state index contributed by atoms with van der Waals surface area (Å²) in [5, 5.41) is 3.08. The summed E-state index contributed by atoms with van der Waals surface area (Å²) in [5.41, 5.74) is 8.62. The maximum atomic E-state index is 13.0. The third kappa shape index (κ3) is 12.7. The largest absolute Gasteiger partial charge is 0.491 e. The Balaban J connectivity index is 0.000000196. The van der Waals surface area contributed by atoms with Crippen molar-refractivity contribution >= 4 is 39.8 Å². The number of carbonyl (C=O) groups excluding carboxylic acids is 2. The lowest BCUT2D eigenvalue weighted by Crippen LogP contribution is -2.25. The van der Waals surface area contributed by atoms with E-state index in [9.17, 15) is 27.2 Å². The number of pyridine rings is 2. The number of hydrogen-bond donors (Lipinski definition) is 2. The van der Waals surface area contributed by atoms with Crippen LogP contribution in [-0.2, 0) is 4.79 Å². The van der Waals surface area contributed by atoms with Gasteiger partial charge in [-0.1, -0.05) is 42.5 Å². The lowest BCUT2D eigenvalue weighted by atomic mass is 9.95. The quantitative estimate of drug-likeness (QED) is 0.0635. The number of aryl methyl sites for hydroxylation is 1. The van der Waals surface area contributed by atoms with Crippen molar-refractivity contribution in [3.8, 4) is 23.0 Å². The summed E-state index contributed by atoms with van der Waals surface area (Å²) in [4.78, 5) is 42.1.